The number of aliphatic carboxylic acids is 1. The molecule has 3 atom stereocenters. The molecule has 2 aromatic carbocycles. The van der Waals surface area contributed by atoms with Gasteiger partial charge in [-0.15, -0.1) is 0 Å². The number of amides is 2. The van der Waals surface area contributed by atoms with E-state index in [1.54, 1.807) is 0 Å². The molecule has 3 rings (SSSR count). The summed E-state index contributed by atoms with van der Waals surface area (Å²) in [5.41, 5.74) is 5.38. The van der Waals surface area contributed by atoms with Crippen LogP contribution in [0.4, 0.5) is 0 Å². The van der Waals surface area contributed by atoms with Gasteiger partial charge in [0, 0.05) is 20.0 Å². The fourth-order valence-electron chi connectivity index (χ4n) is 4.03. The van der Waals surface area contributed by atoms with E-state index in [1.165, 1.54) is 24.5 Å². The van der Waals surface area contributed by atoms with Crippen molar-refractivity contribution in [1.82, 2.24) is 21.1 Å². The van der Waals surface area contributed by atoms with Crippen LogP contribution in [0, 0.1) is 0 Å². The van der Waals surface area contributed by atoms with Gasteiger partial charge in [-0.25, -0.2) is 5.43 Å². The maximum atomic E-state index is 13.3. The summed E-state index contributed by atoms with van der Waals surface area (Å²) in [6.45, 7) is 2.24. The summed E-state index contributed by atoms with van der Waals surface area (Å²) in [6, 6.07) is 15.5. The lowest BCUT2D eigenvalue weighted by molar-refractivity contribution is -0.149. The number of ether oxygens (including phenoxy) is 1. The molecule has 4 N–H and O–H groups in total. The minimum atomic E-state index is -1.06. The van der Waals surface area contributed by atoms with Crippen LogP contribution < -0.4 is 20.8 Å². The number of hydrogen-bond donors (Lipinski definition) is 4. The summed E-state index contributed by atoms with van der Waals surface area (Å²) in [7, 11) is 1.53. The van der Waals surface area contributed by atoms with Crippen LogP contribution in [0.1, 0.15) is 37.3 Å². The molecule has 35 heavy (non-hydrogen) atoms. The molecule has 1 aliphatic heterocycles. The van der Waals surface area contributed by atoms with Gasteiger partial charge in [0.15, 0.2) is 0 Å². The van der Waals surface area contributed by atoms with Crippen molar-refractivity contribution >= 4 is 17.8 Å². The van der Waals surface area contributed by atoms with E-state index in [1.807, 2.05) is 42.5 Å². The smallest absolute Gasteiger partial charge is 0.320 e. The van der Waals surface area contributed by atoms with Crippen molar-refractivity contribution in [3.63, 3.8) is 0 Å². The van der Waals surface area contributed by atoms with Crippen LogP contribution in [0.3, 0.4) is 0 Å². The Kier molecular flexibility index (Phi) is 9.63. The molecule has 2 aromatic rings. The molecule has 1 heterocycles. The monoisotopic (exact) mass is 482 g/mol. The van der Waals surface area contributed by atoms with Crippen LogP contribution in [0.5, 0.6) is 5.75 Å². The highest BCUT2D eigenvalue weighted by atomic mass is 16.5. The maximum Gasteiger partial charge on any atom is 0.320 e. The topological polar surface area (TPSA) is 120 Å². The molecule has 0 saturated carbocycles. The Labute approximate surface area is 205 Å². The molecule has 0 bridgehead atoms. The van der Waals surface area contributed by atoms with Crippen LogP contribution in [-0.4, -0.2) is 66.2 Å². The lowest BCUT2D eigenvalue weighted by atomic mass is 10.0. The third kappa shape index (κ3) is 7.53. The molecule has 0 unspecified atom stereocenters. The van der Waals surface area contributed by atoms with Crippen molar-refractivity contribution in [2.24, 2.45) is 0 Å². The molecule has 1 aliphatic rings. The van der Waals surface area contributed by atoms with Crippen LogP contribution in [-0.2, 0) is 20.8 Å². The summed E-state index contributed by atoms with van der Waals surface area (Å²) in [4.78, 5) is 37.0. The van der Waals surface area contributed by atoms with Gasteiger partial charge in [-0.1, -0.05) is 42.5 Å². The Balaban J connectivity index is 1.62. The van der Waals surface area contributed by atoms with E-state index in [-0.39, 0.29) is 24.8 Å². The molecule has 0 aliphatic carbocycles. The quantitative estimate of drug-likeness (QED) is 0.385. The summed E-state index contributed by atoms with van der Waals surface area (Å²) < 4.78 is 5.86. The third-order valence-electron chi connectivity index (χ3n) is 6.00. The predicted molar refractivity (Wildman–Crippen MR) is 132 cm³/mol. The molecule has 1 fully saturated rings. The normalized spacial score (nSPS) is 17.3. The summed E-state index contributed by atoms with van der Waals surface area (Å²) >= 11 is 0. The Morgan fingerprint density at radius 3 is 2.46 bits per heavy atom. The van der Waals surface area contributed by atoms with E-state index in [4.69, 9.17) is 4.74 Å². The van der Waals surface area contributed by atoms with E-state index in [9.17, 15) is 19.5 Å². The fraction of sp³-hybridized carbons (Fsp3) is 0.423. The lowest BCUT2D eigenvalue weighted by Crippen LogP contribution is -2.63. The van der Waals surface area contributed by atoms with Crippen LogP contribution >= 0.6 is 0 Å². The van der Waals surface area contributed by atoms with E-state index in [0.717, 1.165) is 18.4 Å². The lowest BCUT2D eigenvalue weighted by Gasteiger charge is -2.37. The fourth-order valence-corrected chi connectivity index (χ4v) is 4.03. The van der Waals surface area contributed by atoms with Gasteiger partial charge < -0.3 is 15.2 Å². The molecule has 188 valence electrons. The first-order valence-electron chi connectivity index (χ1n) is 11.9. The van der Waals surface area contributed by atoms with Gasteiger partial charge in [0.05, 0.1) is 12.6 Å². The van der Waals surface area contributed by atoms with Gasteiger partial charge in [0.25, 0.3) is 5.91 Å². The van der Waals surface area contributed by atoms with E-state index >= 15 is 0 Å². The van der Waals surface area contributed by atoms with Crippen LogP contribution in [0.2, 0.25) is 0 Å². The number of benzene rings is 2. The molecular formula is C26H34N4O5. The third-order valence-corrected chi connectivity index (χ3v) is 6.00. The zero-order valence-corrected chi connectivity index (χ0v) is 20.2. The number of carbonyl (C=O) groups is 3. The van der Waals surface area contributed by atoms with Gasteiger partial charge in [-0.05, 0) is 49.4 Å². The number of rotatable bonds is 11. The van der Waals surface area contributed by atoms with Crippen molar-refractivity contribution in [2.45, 2.75) is 50.7 Å². The Hall–Kier alpha value is -3.43. The minimum absolute atomic E-state index is 0.201. The van der Waals surface area contributed by atoms with E-state index in [0.29, 0.717) is 18.7 Å². The Morgan fingerprint density at radius 1 is 1.11 bits per heavy atom. The van der Waals surface area contributed by atoms with Gasteiger partial charge in [-0.2, -0.15) is 0 Å². The molecule has 0 aromatic heterocycles. The number of nitrogens with one attached hydrogen (secondary N) is 3. The van der Waals surface area contributed by atoms with Gasteiger partial charge in [0.2, 0.25) is 5.91 Å². The average molecular weight is 483 g/mol. The molecule has 2 amide bonds. The van der Waals surface area contributed by atoms with Gasteiger partial charge in [-0.3, -0.25) is 24.7 Å². The van der Waals surface area contributed by atoms with Gasteiger partial charge in [0.1, 0.15) is 17.8 Å². The number of hydrogen-bond acceptors (Lipinski definition) is 6. The molecule has 0 radical (unpaired) electrons. The first-order chi connectivity index (χ1) is 16.9. The highest BCUT2D eigenvalue weighted by Gasteiger charge is 2.36. The molecule has 0 spiro atoms. The number of nitrogens with zero attached hydrogens (tertiary/aromatic N) is 1. The Bertz CT molecular complexity index is 983. The van der Waals surface area contributed by atoms with E-state index in [2.05, 4.69) is 28.2 Å². The van der Waals surface area contributed by atoms with Crippen LogP contribution in [0.25, 0.3) is 0 Å². The highest BCUT2D eigenvalue weighted by Crippen LogP contribution is 2.17. The van der Waals surface area contributed by atoms with E-state index < -0.39 is 24.1 Å². The second-order valence-corrected chi connectivity index (χ2v) is 8.61. The number of carbonyl (C=O) groups excluding carboxylic acids is 2. The van der Waals surface area contributed by atoms with Crippen molar-refractivity contribution in [1.29, 1.82) is 0 Å². The van der Waals surface area contributed by atoms with Crippen molar-refractivity contribution < 1.29 is 24.2 Å². The Morgan fingerprint density at radius 2 is 1.80 bits per heavy atom. The number of carboxylic acid groups (broad SMARTS) is 1. The zero-order valence-electron chi connectivity index (χ0n) is 20.2. The number of likely N-dealkylation sites (N-methyl/N-ethyl adjacent to an activating group) is 1. The van der Waals surface area contributed by atoms with Gasteiger partial charge >= 0.3 is 5.97 Å². The van der Waals surface area contributed by atoms with Crippen LogP contribution in [0.15, 0.2) is 54.6 Å². The minimum Gasteiger partial charge on any atom is -0.494 e. The number of hydrazine groups is 1. The molecule has 9 nitrogen and oxygen atoms in total. The maximum absolute atomic E-state index is 13.3. The van der Waals surface area contributed by atoms with Crippen molar-refractivity contribution in [2.75, 3.05) is 20.2 Å². The summed E-state index contributed by atoms with van der Waals surface area (Å²) in [6.07, 6.45) is 2.35. The van der Waals surface area contributed by atoms with Crippen molar-refractivity contribution in [3.8, 4) is 5.75 Å². The summed E-state index contributed by atoms with van der Waals surface area (Å²) in [5.74, 6) is -1.04. The second-order valence-electron chi connectivity index (χ2n) is 8.61. The molecular weight excluding hydrogens is 448 g/mol. The molecule has 9 heteroatoms. The van der Waals surface area contributed by atoms with Crippen molar-refractivity contribution in [3.05, 3.63) is 65.7 Å². The zero-order chi connectivity index (χ0) is 25.2. The standard InChI is InChI=1S/C26H34N4O5/c1-18(26(33)34)29-22(25(32)30-23(24(31)27-2)9-6-15-28-30)14-16-35-21-12-10-20(11-13-21)17-19-7-4-3-5-8-19/h3-5,7-8,10-13,18,22-23,28-29H,6,9,14-17H2,1-2H3,(H,27,31)(H,33,34)/t18-,22+,23+/m1/s1. The number of carboxylic acids is 1. The molecule has 1 saturated heterocycles. The largest absolute Gasteiger partial charge is 0.494 e. The average Bonchev–Trinajstić information content (AvgIpc) is 2.88. The summed E-state index contributed by atoms with van der Waals surface area (Å²) in [5, 5.41) is 16.1. The predicted octanol–water partition coefficient (Wildman–Crippen LogP) is 1.72. The second kappa shape index (κ2) is 12.9. The first-order valence-corrected chi connectivity index (χ1v) is 11.9. The first kappa shape index (κ1) is 26.2. The highest BCUT2D eigenvalue weighted by molar-refractivity contribution is 5.90. The SMILES string of the molecule is CNC(=O)[C@@H]1CCCNN1C(=O)[C@H](CCOc1ccc(Cc2ccccc2)cc1)N[C@H](C)C(=O)O.